The van der Waals surface area contributed by atoms with Crippen LogP contribution in [0.5, 0.6) is 5.75 Å². The molecule has 23 heavy (non-hydrogen) atoms. The van der Waals surface area contributed by atoms with Crippen molar-refractivity contribution in [1.82, 2.24) is 0 Å². The zero-order chi connectivity index (χ0) is 16.4. The summed E-state index contributed by atoms with van der Waals surface area (Å²) in [5.41, 5.74) is 3.66. The van der Waals surface area contributed by atoms with E-state index in [2.05, 4.69) is 19.9 Å². The Morgan fingerprint density at radius 1 is 1.22 bits per heavy atom. The van der Waals surface area contributed by atoms with Crippen LogP contribution in [0.2, 0.25) is 0 Å². The van der Waals surface area contributed by atoms with Gasteiger partial charge in [0, 0.05) is 0 Å². The number of rotatable bonds is 1. The smallest absolute Gasteiger partial charge is 0.119 e. The first-order valence-corrected chi connectivity index (χ1v) is 9.16. The van der Waals surface area contributed by atoms with Crippen molar-refractivity contribution in [1.29, 1.82) is 0 Å². The van der Waals surface area contributed by atoms with Gasteiger partial charge in [-0.1, -0.05) is 19.9 Å². The molecule has 2 fully saturated rings. The van der Waals surface area contributed by atoms with E-state index >= 15 is 0 Å². The average Bonchev–Trinajstić information content (AvgIpc) is 2.77. The van der Waals surface area contributed by atoms with Crippen LogP contribution in [0.25, 0.3) is 0 Å². The number of aliphatic hydroxyl groups excluding tert-OH is 2. The molecule has 3 N–H and O–H groups in total. The fraction of sp³-hybridized carbons (Fsp3) is 0.700. The van der Waals surface area contributed by atoms with E-state index in [0.29, 0.717) is 23.5 Å². The van der Waals surface area contributed by atoms with Crippen molar-refractivity contribution >= 4 is 0 Å². The summed E-state index contributed by atoms with van der Waals surface area (Å²) in [6.07, 6.45) is 4.66. The lowest BCUT2D eigenvalue weighted by molar-refractivity contribution is -0.0505. The van der Waals surface area contributed by atoms with Crippen molar-refractivity contribution in [2.75, 3.05) is 0 Å². The van der Waals surface area contributed by atoms with Gasteiger partial charge in [-0.15, -0.1) is 0 Å². The third kappa shape index (κ3) is 2.09. The Labute approximate surface area is 138 Å². The first-order valence-electron chi connectivity index (χ1n) is 9.16. The highest BCUT2D eigenvalue weighted by Crippen LogP contribution is 2.61. The highest BCUT2D eigenvalue weighted by atomic mass is 16.3. The number of hydrogen-bond donors (Lipinski definition) is 3. The summed E-state index contributed by atoms with van der Waals surface area (Å²) in [5.74, 6) is 1.94. The van der Waals surface area contributed by atoms with E-state index in [1.54, 1.807) is 0 Å². The number of phenols is 1. The van der Waals surface area contributed by atoms with Crippen LogP contribution >= 0.6 is 0 Å². The minimum Gasteiger partial charge on any atom is -0.508 e. The Hall–Kier alpha value is -1.06. The van der Waals surface area contributed by atoms with Crippen molar-refractivity contribution in [2.24, 2.45) is 17.3 Å². The normalized spacial score (nSPS) is 42.0. The summed E-state index contributed by atoms with van der Waals surface area (Å²) >= 11 is 0. The monoisotopic (exact) mass is 316 g/mol. The van der Waals surface area contributed by atoms with Gasteiger partial charge in [-0.05, 0) is 84.5 Å². The van der Waals surface area contributed by atoms with Crippen LogP contribution in [0.3, 0.4) is 0 Å². The molecule has 1 aromatic rings. The summed E-state index contributed by atoms with van der Waals surface area (Å²) in [5, 5.41) is 30.8. The predicted molar refractivity (Wildman–Crippen MR) is 89.5 cm³/mol. The highest BCUT2D eigenvalue weighted by Gasteiger charge is 2.57. The largest absolute Gasteiger partial charge is 0.508 e. The molecule has 0 bridgehead atoms. The molecule has 0 saturated heterocycles. The van der Waals surface area contributed by atoms with Crippen LogP contribution in [0.15, 0.2) is 12.1 Å². The van der Waals surface area contributed by atoms with Crippen LogP contribution in [-0.2, 0) is 12.8 Å². The maximum atomic E-state index is 10.5. The topological polar surface area (TPSA) is 60.7 Å². The lowest BCUT2D eigenvalue weighted by atomic mass is 9.55. The molecule has 0 amide bonds. The van der Waals surface area contributed by atoms with E-state index in [1.807, 2.05) is 6.07 Å². The minimum absolute atomic E-state index is 0.122. The minimum atomic E-state index is -0.569. The first kappa shape index (κ1) is 15.5. The van der Waals surface area contributed by atoms with Crippen LogP contribution in [0, 0.1) is 17.3 Å². The molecule has 1 aromatic carbocycles. The SMILES string of the molecule is CCc1cc2c(cc1O)CC[C@@H]1[C@@H]2CC[C@]2(C)[C@@H](O)[C@H](O)C[C@@H]12. The summed E-state index contributed by atoms with van der Waals surface area (Å²) in [6.45, 7) is 4.27. The summed E-state index contributed by atoms with van der Waals surface area (Å²) in [6, 6.07) is 4.21. The van der Waals surface area contributed by atoms with Gasteiger partial charge in [0.25, 0.3) is 0 Å². The molecular weight excluding hydrogens is 288 g/mol. The molecule has 2 saturated carbocycles. The van der Waals surface area contributed by atoms with Crippen molar-refractivity contribution in [3.05, 3.63) is 28.8 Å². The second-order valence-electron chi connectivity index (χ2n) is 8.24. The van der Waals surface area contributed by atoms with Gasteiger partial charge in [0.1, 0.15) is 5.75 Å². The number of phenolic OH excluding ortho intramolecular Hbond substituents is 1. The maximum Gasteiger partial charge on any atom is 0.119 e. The molecule has 0 spiro atoms. The standard InChI is InChI=1S/C20H28O3/c1-3-11-8-15-12(9-17(11)21)4-5-14-13(15)6-7-20(2)16(14)10-18(22)19(20)23/h8-9,13-14,16,18-19,21-23H,3-7,10H2,1-2H3/t13-,14+,16-,18+,19-,20-/m0/s1. The number of fused-ring (bicyclic) bond motifs is 5. The van der Waals surface area contributed by atoms with Crippen molar-refractivity contribution in [3.8, 4) is 5.75 Å². The Bertz CT molecular complexity index is 626. The molecule has 3 aliphatic carbocycles. The van der Waals surface area contributed by atoms with E-state index in [1.165, 1.54) is 11.1 Å². The number of benzene rings is 1. The third-order valence-corrected chi connectivity index (χ3v) is 7.28. The molecule has 0 radical (unpaired) electrons. The molecule has 0 aliphatic heterocycles. The van der Waals surface area contributed by atoms with Crippen LogP contribution in [0.1, 0.15) is 62.1 Å². The Morgan fingerprint density at radius 2 is 2.00 bits per heavy atom. The van der Waals surface area contributed by atoms with Gasteiger partial charge in [-0.2, -0.15) is 0 Å². The van der Waals surface area contributed by atoms with E-state index in [9.17, 15) is 15.3 Å². The molecule has 0 heterocycles. The number of aromatic hydroxyl groups is 1. The number of aliphatic hydroxyl groups is 2. The quantitative estimate of drug-likeness (QED) is 0.746. The highest BCUT2D eigenvalue weighted by molar-refractivity contribution is 5.45. The zero-order valence-corrected chi connectivity index (χ0v) is 14.1. The molecule has 4 rings (SSSR count). The van der Waals surface area contributed by atoms with Gasteiger partial charge >= 0.3 is 0 Å². The van der Waals surface area contributed by atoms with Gasteiger partial charge in [0.2, 0.25) is 0 Å². The maximum absolute atomic E-state index is 10.5. The Morgan fingerprint density at radius 3 is 2.74 bits per heavy atom. The molecule has 3 heteroatoms. The average molecular weight is 316 g/mol. The van der Waals surface area contributed by atoms with Crippen molar-refractivity contribution in [2.45, 2.75) is 70.5 Å². The number of hydrogen-bond acceptors (Lipinski definition) is 3. The molecule has 3 nitrogen and oxygen atoms in total. The first-order chi connectivity index (χ1) is 11.0. The van der Waals surface area contributed by atoms with Crippen molar-refractivity contribution < 1.29 is 15.3 Å². The molecule has 126 valence electrons. The van der Waals surface area contributed by atoms with Gasteiger partial charge in [0.05, 0.1) is 12.2 Å². The summed E-state index contributed by atoms with van der Waals surface area (Å²) in [4.78, 5) is 0. The molecular formula is C20H28O3. The lowest BCUT2D eigenvalue weighted by Gasteiger charge is -2.50. The summed E-state index contributed by atoms with van der Waals surface area (Å²) in [7, 11) is 0. The van der Waals surface area contributed by atoms with E-state index in [-0.39, 0.29) is 5.41 Å². The molecule has 6 atom stereocenters. The van der Waals surface area contributed by atoms with Crippen molar-refractivity contribution in [3.63, 3.8) is 0 Å². The van der Waals surface area contributed by atoms with E-state index < -0.39 is 12.2 Å². The van der Waals surface area contributed by atoms with Gasteiger partial charge in [-0.25, -0.2) is 0 Å². The second kappa shape index (κ2) is 5.22. The van der Waals surface area contributed by atoms with Gasteiger partial charge in [0.15, 0.2) is 0 Å². The van der Waals surface area contributed by atoms with Crippen LogP contribution in [-0.4, -0.2) is 27.5 Å². The lowest BCUT2D eigenvalue weighted by Crippen LogP contribution is -2.44. The third-order valence-electron chi connectivity index (χ3n) is 7.28. The Balaban J connectivity index is 1.72. The molecule has 0 aromatic heterocycles. The van der Waals surface area contributed by atoms with Crippen LogP contribution < -0.4 is 0 Å². The Kier molecular flexibility index (Phi) is 3.51. The zero-order valence-electron chi connectivity index (χ0n) is 14.1. The van der Waals surface area contributed by atoms with E-state index in [0.717, 1.165) is 44.1 Å². The molecule has 3 aliphatic rings. The number of aryl methyl sites for hydroxylation is 2. The van der Waals surface area contributed by atoms with Gasteiger partial charge in [-0.3, -0.25) is 0 Å². The molecule has 0 unspecified atom stereocenters. The van der Waals surface area contributed by atoms with Crippen LogP contribution in [0.4, 0.5) is 0 Å². The summed E-state index contributed by atoms with van der Waals surface area (Å²) < 4.78 is 0. The second-order valence-corrected chi connectivity index (χ2v) is 8.24. The fourth-order valence-corrected chi connectivity index (χ4v) is 5.93. The van der Waals surface area contributed by atoms with E-state index in [4.69, 9.17) is 0 Å². The predicted octanol–water partition coefficient (Wildman–Crippen LogP) is 3.14. The fourth-order valence-electron chi connectivity index (χ4n) is 5.93. The van der Waals surface area contributed by atoms with Gasteiger partial charge < -0.3 is 15.3 Å².